The largest absolute Gasteiger partial charge is 0.485 e. The molecule has 1 aliphatic heterocycles. The maximum absolute atomic E-state index is 12.0. The molecule has 5 heteroatoms. The summed E-state index contributed by atoms with van der Waals surface area (Å²) in [4.78, 5) is 12.0. The Morgan fingerprint density at radius 2 is 1.95 bits per heavy atom. The number of nitrogens with one attached hydrogen (secondary N) is 1. The Labute approximate surface area is 119 Å². The second-order valence-corrected chi connectivity index (χ2v) is 5.79. The lowest BCUT2D eigenvalue weighted by atomic mass is 9.91. The van der Waals surface area contributed by atoms with E-state index in [9.17, 15) is 4.79 Å². The normalized spacial score (nSPS) is 18.6. The number of ether oxygens (including phenoxy) is 2. The van der Waals surface area contributed by atoms with Crippen molar-refractivity contribution >= 4 is 11.6 Å². The molecule has 0 spiro atoms. The van der Waals surface area contributed by atoms with E-state index >= 15 is 0 Å². The molecule has 1 aromatic rings. The molecule has 1 unspecified atom stereocenters. The second-order valence-electron chi connectivity index (χ2n) is 5.79. The number of fused-ring (bicyclic) bond motifs is 1. The molecule has 0 saturated heterocycles. The Morgan fingerprint density at radius 3 is 2.60 bits per heavy atom. The molecule has 0 fully saturated rings. The van der Waals surface area contributed by atoms with E-state index in [1.165, 1.54) is 0 Å². The van der Waals surface area contributed by atoms with Gasteiger partial charge in [-0.25, -0.2) is 5.43 Å². The van der Waals surface area contributed by atoms with Gasteiger partial charge in [0.15, 0.2) is 11.5 Å². The van der Waals surface area contributed by atoms with Crippen molar-refractivity contribution in [2.75, 3.05) is 6.61 Å². The van der Waals surface area contributed by atoms with Crippen molar-refractivity contribution in [1.82, 2.24) is 5.43 Å². The first-order valence-electron chi connectivity index (χ1n) is 6.61. The molecule has 1 aliphatic rings. The van der Waals surface area contributed by atoms with E-state index < -0.39 is 6.10 Å². The van der Waals surface area contributed by atoms with Crippen LogP contribution in [0.4, 0.5) is 0 Å². The van der Waals surface area contributed by atoms with E-state index in [2.05, 4.69) is 10.5 Å². The van der Waals surface area contributed by atoms with Gasteiger partial charge in [-0.15, -0.1) is 0 Å². The third-order valence-corrected chi connectivity index (χ3v) is 3.22. The molecule has 1 heterocycles. The van der Waals surface area contributed by atoms with Crippen LogP contribution in [0.15, 0.2) is 29.4 Å². The quantitative estimate of drug-likeness (QED) is 0.666. The third kappa shape index (κ3) is 3.29. The highest BCUT2D eigenvalue weighted by Crippen LogP contribution is 2.30. The maximum Gasteiger partial charge on any atom is 0.284 e. The van der Waals surface area contributed by atoms with Gasteiger partial charge in [0, 0.05) is 11.1 Å². The molecule has 0 bridgehead atoms. The number of hydrazone groups is 1. The van der Waals surface area contributed by atoms with Crippen LogP contribution in [-0.2, 0) is 4.79 Å². The van der Waals surface area contributed by atoms with Gasteiger partial charge in [0.05, 0.1) is 0 Å². The summed E-state index contributed by atoms with van der Waals surface area (Å²) in [5.74, 6) is 0.935. The number of para-hydroxylation sites is 2. The van der Waals surface area contributed by atoms with Gasteiger partial charge < -0.3 is 9.47 Å². The zero-order chi connectivity index (χ0) is 14.8. The van der Waals surface area contributed by atoms with E-state index in [4.69, 9.17) is 9.47 Å². The summed E-state index contributed by atoms with van der Waals surface area (Å²) >= 11 is 0. The lowest BCUT2D eigenvalue weighted by Crippen LogP contribution is -2.42. The average molecular weight is 276 g/mol. The average Bonchev–Trinajstić information content (AvgIpc) is 2.42. The Balaban J connectivity index is 1.99. The van der Waals surface area contributed by atoms with E-state index in [1.807, 2.05) is 45.9 Å². The van der Waals surface area contributed by atoms with Crippen LogP contribution in [0, 0.1) is 5.41 Å². The molecule has 1 aromatic carbocycles. The van der Waals surface area contributed by atoms with Crippen LogP contribution in [0.2, 0.25) is 0 Å². The van der Waals surface area contributed by atoms with Gasteiger partial charge in [-0.05, 0) is 19.1 Å². The minimum absolute atomic E-state index is 0.0796. The van der Waals surface area contributed by atoms with Crippen molar-refractivity contribution < 1.29 is 14.3 Å². The summed E-state index contributed by atoms with van der Waals surface area (Å²) in [5.41, 5.74) is 3.30. The highest BCUT2D eigenvalue weighted by atomic mass is 16.6. The number of benzene rings is 1. The molecule has 2 rings (SSSR count). The molecule has 0 radical (unpaired) electrons. The lowest BCUT2D eigenvalue weighted by Gasteiger charge is -2.25. The van der Waals surface area contributed by atoms with Crippen molar-refractivity contribution in [3.8, 4) is 11.5 Å². The fraction of sp³-hybridized carbons (Fsp3) is 0.467. The van der Waals surface area contributed by atoms with Gasteiger partial charge in [-0.2, -0.15) is 5.10 Å². The predicted molar refractivity (Wildman–Crippen MR) is 77.1 cm³/mol. The fourth-order valence-electron chi connectivity index (χ4n) is 1.53. The topological polar surface area (TPSA) is 59.9 Å². The highest BCUT2D eigenvalue weighted by Gasteiger charge is 2.27. The number of hydrogen-bond donors (Lipinski definition) is 1. The molecule has 0 aromatic heterocycles. The van der Waals surface area contributed by atoms with Crippen molar-refractivity contribution in [3.05, 3.63) is 24.3 Å². The van der Waals surface area contributed by atoms with Crippen LogP contribution in [0.5, 0.6) is 11.5 Å². The highest BCUT2D eigenvalue weighted by molar-refractivity contribution is 5.89. The van der Waals surface area contributed by atoms with E-state index in [0.29, 0.717) is 11.5 Å². The van der Waals surface area contributed by atoms with E-state index in [-0.39, 0.29) is 17.9 Å². The molecular weight excluding hydrogens is 256 g/mol. The summed E-state index contributed by atoms with van der Waals surface area (Å²) in [6, 6.07) is 7.29. The number of rotatable bonds is 2. The molecule has 1 atom stereocenters. The summed E-state index contributed by atoms with van der Waals surface area (Å²) in [7, 11) is 0. The number of carbonyl (C=O) groups excluding carboxylic acids is 1. The molecular formula is C15H20N2O3. The van der Waals surface area contributed by atoms with Crippen molar-refractivity contribution in [2.45, 2.75) is 33.8 Å². The number of carbonyl (C=O) groups is 1. The summed E-state index contributed by atoms with van der Waals surface area (Å²) < 4.78 is 11.1. The monoisotopic (exact) mass is 276 g/mol. The van der Waals surface area contributed by atoms with E-state index in [0.717, 1.165) is 5.71 Å². The number of hydrogen-bond acceptors (Lipinski definition) is 4. The lowest BCUT2D eigenvalue weighted by molar-refractivity contribution is -0.130. The fourth-order valence-corrected chi connectivity index (χ4v) is 1.53. The first kappa shape index (κ1) is 14.4. The van der Waals surface area contributed by atoms with Crippen LogP contribution >= 0.6 is 0 Å². The Morgan fingerprint density at radius 1 is 1.30 bits per heavy atom. The number of amides is 1. The molecule has 0 saturated carbocycles. The van der Waals surface area contributed by atoms with Crippen molar-refractivity contribution in [2.24, 2.45) is 10.5 Å². The SMILES string of the molecule is CC(=NNC(=O)C1COc2ccccc2O1)C(C)(C)C. The third-order valence-electron chi connectivity index (χ3n) is 3.22. The summed E-state index contributed by atoms with van der Waals surface area (Å²) in [5, 5.41) is 4.11. The smallest absolute Gasteiger partial charge is 0.284 e. The first-order chi connectivity index (χ1) is 9.38. The second kappa shape index (κ2) is 5.53. The van der Waals surface area contributed by atoms with Gasteiger partial charge in [0.25, 0.3) is 5.91 Å². The Bertz CT molecular complexity index is 532. The van der Waals surface area contributed by atoms with Crippen LogP contribution in [-0.4, -0.2) is 24.3 Å². The predicted octanol–water partition coefficient (Wildman–Crippen LogP) is 2.36. The van der Waals surface area contributed by atoms with Gasteiger partial charge >= 0.3 is 0 Å². The van der Waals surface area contributed by atoms with Gasteiger partial charge in [-0.3, -0.25) is 4.79 Å². The first-order valence-corrected chi connectivity index (χ1v) is 6.61. The van der Waals surface area contributed by atoms with Crippen LogP contribution in [0.3, 0.4) is 0 Å². The Hall–Kier alpha value is -2.04. The minimum atomic E-state index is -0.679. The van der Waals surface area contributed by atoms with Gasteiger partial charge in [0.2, 0.25) is 6.10 Å². The van der Waals surface area contributed by atoms with Crippen molar-refractivity contribution in [3.63, 3.8) is 0 Å². The van der Waals surface area contributed by atoms with Gasteiger partial charge in [0.1, 0.15) is 6.61 Å². The number of nitrogens with zero attached hydrogens (tertiary/aromatic N) is 1. The maximum atomic E-state index is 12.0. The zero-order valence-corrected chi connectivity index (χ0v) is 12.3. The molecule has 5 nitrogen and oxygen atoms in total. The van der Waals surface area contributed by atoms with Crippen molar-refractivity contribution in [1.29, 1.82) is 0 Å². The molecule has 20 heavy (non-hydrogen) atoms. The molecule has 0 aliphatic carbocycles. The standard InChI is InChI=1S/C15H20N2O3/c1-10(15(2,3)4)16-17-14(18)13-9-19-11-7-5-6-8-12(11)20-13/h5-8,13H,9H2,1-4H3,(H,17,18). The summed E-state index contributed by atoms with van der Waals surface area (Å²) in [6.45, 7) is 8.18. The molecule has 1 N–H and O–H groups in total. The molecule has 1 amide bonds. The minimum Gasteiger partial charge on any atom is -0.485 e. The molecule has 108 valence electrons. The Kier molecular flexibility index (Phi) is 3.97. The van der Waals surface area contributed by atoms with Gasteiger partial charge in [-0.1, -0.05) is 32.9 Å². The van der Waals surface area contributed by atoms with Crippen LogP contribution in [0.1, 0.15) is 27.7 Å². The van der Waals surface area contributed by atoms with E-state index in [1.54, 1.807) is 6.07 Å². The van der Waals surface area contributed by atoms with Crippen LogP contribution < -0.4 is 14.9 Å². The zero-order valence-electron chi connectivity index (χ0n) is 12.3. The summed E-state index contributed by atoms with van der Waals surface area (Å²) in [6.07, 6.45) is -0.679. The van der Waals surface area contributed by atoms with Crippen LogP contribution in [0.25, 0.3) is 0 Å².